The first-order valence-corrected chi connectivity index (χ1v) is 8.30. The molecule has 19 heavy (non-hydrogen) atoms. The SMILES string of the molecule is OCC1(CN2CCOC3CCCC32)CCCCCC1. The number of hydrogen-bond donors (Lipinski definition) is 1. The van der Waals surface area contributed by atoms with Crippen molar-refractivity contribution in [1.29, 1.82) is 0 Å². The first-order chi connectivity index (χ1) is 9.33. The maximum atomic E-state index is 9.98. The molecule has 2 aliphatic carbocycles. The summed E-state index contributed by atoms with van der Waals surface area (Å²) in [5.41, 5.74) is 0.182. The van der Waals surface area contributed by atoms with Crippen LogP contribution in [0.1, 0.15) is 57.8 Å². The lowest BCUT2D eigenvalue weighted by Crippen LogP contribution is -2.53. The van der Waals surface area contributed by atoms with Gasteiger partial charge < -0.3 is 9.84 Å². The Morgan fingerprint density at radius 2 is 1.84 bits per heavy atom. The summed E-state index contributed by atoms with van der Waals surface area (Å²) in [6.45, 7) is 3.45. The molecular weight excluding hydrogens is 238 g/mol. The summed E-state index contributed by atoms with van der Waals surface area (Å²) in [5.74, 6) is 0. The van der Waals surface area contributed by atoms with Crippen LogP contribution in [0.3, 0.4) is 0 Å². The normalized spacial score (nSPS) is 35.8. The summed E-state index contributed by atoms with van der Waals surface area (Å²) in [4.78, 5) is 2.66. The third-order valence-corrected chi connectivity index (χ3v) is 5.64. The Balaban J connectivity index is 1.67. The zero-order chi connectivity index (χ0) is 13.1. The Bertz CT molecular complexity index is 286. The zero-order valence-corrected chi connectivity index (χ0v) is 12.1. The smallest absolute Gasteiger partial charge is 0.0730 e. The summed E-state index contributed by atoms with van der Waals surface area (Å²) < 4.78 is 5.91. The van der Waals surface area contributed by atoms with Gasteiger partial charge in [0.2, 0.25) is 0 Å². The second-order valence-corrected chi connectivity index (χ2v) is 6.95. The van der Waals surface area contributed by atoms with E-state index in [1.54, 1.807) is 0 Å². The molecule has 3 heteroatoms. The minimum Gasteiger partial charge on any atom is -0.396 e. The Morgan fingerprint density at radius 1 is 1.05 bits per heavy atom. The van der Waals surface area contributed by atoms with Crippen LogP contribution in [0.5, 0.6) is 0 Å². The van der Waals surface area contributed by atoms with Gasteiger partial charge in [-0.05, 0) is 32.1 Å². The topological polar surface area (TPSA) is 32.7 Å². The number of nitrogens with zero attached hydrogens (tertiary/aromatic N) is 1. The lowest BCUT2D eigenvalue weighted by Gasteiger charge is -2.43. The maximum Gasteiger partial charge on any atom is 0.0730 e. The van der Waals surface area contributed by atoms with Crippen molar-refractivity contribution in [2.75, 3.05) is 26.3 Å². The molecule has 3 fully saturated rings. The van der Waals surface area contributed by atoms with Crippen molar-refractivity contribution in [3.63, 3.8) is 0 Å². The maximum absolute atomic E-state index is 9.98. The summed E-state index contributed by atoms with van der Waals surface area (Å²) in [5, 5.41) is 9.98. The molecule has 0 spiro atoms. The summed E-state index contributed by atoms with van der Waals surface area (Å²) >= 11 is 0. The molecule has 1 aliphatic heterocycles. The molecule has 3 aliphatic rings. The summed E-state index contributed by atoms with van der Waals surface area (Å²) in [7, 11) is 0. The number of rotatable bonds is 3. The van der Waals surface area contributed by atoms with Gasteiger partial charge in [-0.3, -0.25) is 4.90 Å². The van der Waals surface area contributed by atoms with Gasteiger partial charge in [0.15, 0.2) is 0 Å². The molecule has 0 radical (unpaired) electrons. The van der Waals surface area contributed by atoms with E-state index in [0.29, 0.717) is 18.8 Å². The predicted octanol–water partition coefficient (Wildman–Crippen LogP) is 2.57. The molecule has 2 atom stereocenters. The van der Waals surface area contributed by atoms with Crippen molar-refractivity contribution < 1.29 is 9.84 Å². The van der Waals surface area contributed by atoms with E-state index in [9.17, 15) is 5.11 Å². The quantitative estimate of drug-likeness (QED) is 0.798. The minimum absolute atomic E-state index is 0.182. The highest BCUT2D eigenvalue weighted by atomic mass is 16.5. The molecule has 3 nitrogen and oxygen atoms in total. The molecule has 3 rings (SSSR count). The number of fused-ring (bicyclic) bond motifs is 1. The molecule has 0 aromatic carbocycles. The van der Waals surface area contributed by atoms with Gasteiger partial charge in [0.1, 0.15) is 0 Å². The molecule has 1 heterocycles. The van der Waals surface area contributed by atoms with E-state index in [0.717, 1.165) is 19.7 Å². The number of aliphatic hydroxyl groups is 1. The lowest BCUT2D eigenvalue weighted by atomic mass is 9.80. The highest BCUT2D eigenvalue weighted by Crippen LogP contribution is 2.38. The van der Waals surface area contributed by atoms with Crippen LogP contribution in [0, 0.1) is 5.41 Å². The Kier molecular flexibility index (Phi) is 4.45. The monoisotopic (exact) mass is 267 g/mol. The number of morpholine rings is 1. The fraction of sp³-hybridized carbons (Fsp3) is 1.00. The first-order valence-electron chi connectivity index (χ1n) is 8.30. The van der Waals surface area contributed by atoms with E-state index < -0.39 is 0 Å². The van der Waals surface area contributed by atoms with Gasteiger partial charge >= 0.3 is 0 Å². The number of hydrogen-bond acceptors (Lipinski definition) is 3. The van der Waals surface area contributed by atoms with E-state index in [1.807, 2.05) is 0 Å². The van der Waals surface area contributed by atoms with Crippen LogP contribution in [-0.4, -0.2) is 48.5 Å². The van der Waals surface area contributed by atoms with Gasteiger partial charge in [0, 0.05) is 31.2 Å². The highest BCUT2D eigenvalue weighted by Gasteiger charge is 2.40. The van der Waals surface area contributed by atoms with Crippen LogP contribution in [0.4, 0.5) is 0 Å². The Hall–Kier alpha value is -0.120. The van der Waals surface area contributed by atoms with Crippen molar-refractivity contribution in [3.8, 4) is 0 Å². The highest BCUT2D eigenvalue weighted by molar-refractivity contribution is 4.93. The molecular formula is C16H29NO2. The molecule has 0 aromatic rings. The molecule has 1 saturated heterocycles. The fourth-order valence-electron chi connectivity index (χ4n) is 4.48. The third kappa shape index (κ3) is 2.98. The summed E-state index contributed by atoms with van der Waals surface area (Å²) in [6, 6.07) is 0.639. The second kappa shape index (κ2) is 6.11. The van der Waals surface area contributed by atoms with Crippen molar-refractivity contribution in [2.45, 2.75) is 69.9 Å². The van der Waals surface area contributed by atoms with Crippen molar-refractivity contribution in [3.05, 3.63) is 0 Å². The van der Waals surface area contributed by atoms with Gasteiger partial charge in [0.05, 0.1) is 12.7 Å². The van der Waals surface area contributed by atoms with Crippen LogP contribution in [0.2, 0.25) is 0 Å². The van der Waals surface area contributed by atoms with E-state index >= 15 is 0 Å². The van der Waals surface area contributed by atoms with Gasteiger partial charge in [-0.25, -0.2) is 0 Å². The van der Waals surface area contributed by atoms with Crippen LogP contribution < -0.4 is 0 Å². The van der Waals surface area contributed by atoms with E-state index in [1.165, 1.54) is 57.8 Å². The first kappa shape index (κ1) is 13.8. The average molecular weight is 267 g/mol. The van der Waals surface area contributed by atoms with Crippen molar-refractivity contribution in [2.24, 2.45) is 5.41 Å². The van der Waals surface area contributed by atoms with Crippen molar-refractivity contribution in [1.82, 2.24) is 4.90 Å². The zero-order valence-electron chi connectivity index (χ0n) is 12.1. The fourth-order valence-corrected chi connectivity index (χ4v) is 4.48. The average Bonchev–Trinajstić information content (AvgIpc) is 2.80. The molecule has 2 unspecified atom stereocenters. The molecule has 0 amide bonds. The van der Waals surface area contributed by atoms with E-state index in [4.69, 9.17) is 4.74 Å². The van der Waals surface area contributed by atoms with Gasteiger partial charge in [-0.2, -0.15) is 0 Å². The third-order valence-electron chi connectivity index (χ3n) is 5.64. The Morgan fingerprint density at radius 3 is 2.58 bits per heavy atom. The lowest BCUT2D eigenvalue weighted by molar-refractivity contribution is -0.0761. The molecule has 1 N–H and O–H groups in total. The van der Waals surface area contributed by atoms with Gasteiger partial charge in [-0.1, -0.05) is 25.7 Å². The van der Waals surface area contributed by atoms with Crippen molar-refractivity contribution >= 4 is 0 Å². The van der Waals surface area contributed by atoms with E-state index in [2.05, 4.69) is 4.90 Å². The van der Waals surface area contributed by atoms with Crippen LogP contribution >= 0.6 is 0 Å². The minimum atomic E-state index is 0.182. The largest absolute Gasteiger partial charge is 0.396 e. The molecule has 0 bridgehead atoms. The standard InChI is InChI=1S/C16H29NO2/c18-13-16(8-3-1-2-4-9-16)12-17-10-11-19-15-7-5-6-14(15)17/h14-15,18H,1-13H2. The molecule has 2 saturated carbocycles. The Labute approximate surface area is 117 Å². The van der Waals surface area contributed by atoms with Gasteiger partial charge in [0.25, 0.3) is 0 Å². The van der Waals surface area contributed by atoms with Crippen LogP contribution in [-0.2, 0) is 4.74 Å². The second-order valence-electron chi connectivity index (χ2n) is 6.95. The molecule has 110 valence electrons. The number of aliphatic hydroxyl groups excluding tert-OH is 1. The van der Waals surface area contributed by atoms with E-state index in [-0.39, 0.29) is 5.41 Å². The summed E-state index contributed by atoms with van der Waals surface area (Å²) in [6.07, 6.45) is 12.1. The van der Waals surface area contributed by atoms with Crippen LogP contribution in [0.25, 0.3) is 0 Å². The molecule has 0 aromatic heterocycles. The van der Waals surface area contributed by atoms with Crippen LogP contribution in [0.15, 0.2) is 0 Å². The predicted molar refractivity (Wildman–Crippen MR) is 76.2 cm³/mol. The number of ether oxygens (including phenoxy) is 1. The van der Waals surface area contributed by atoms with Gasteiger partial charge in [-0.15, -0.1) is 0 Å².